The number of fused-ring (bicyclic) bond motifs is 2. The third-order valence-corrected chi connectivity index (χ3v) is 8.32. The van der Waals surface area contributed by atoms with Crippen molar-refractivity contribution >= 4 is 32.7 Å². The van der Waals surface area contributed by atoms with E-state index in [4.69, 9.17) is 4.74 Å². The van der Waals surface area contributed by atoms with Crippen molar-refractivity contribution in [3.8, 4) is 11.5 Å². The van der Waals surface area contributed by atoms with Gasteiger partial charge in [0.2, 0.25) is 10.0 Å². The number of para-hydroxylation sites is 2. The summed E-state index contributed by atoms with van der Waals surface area (Å²) in [5.74, 6) is 1.26. The van der Waals surface area contributed by atoms with Crippen molar-refractivity contribution in [1.82, 2.24) is 19.5 Å². The first-order valence-corrected chi connectivity index (χ1v) is 13.5. The molecular formula is C28H23N5O4S. The number of hydrogen-bond acceptors (Lipinski definition) is 6. The van der Waals surface area contributed by atoms with Crippen LogP contribution >= 0.6 is 0 Å². The summed E-state index contributed by atoms with van der Waals surface area (Å²) >= 11 is 0. The number of ether oxygens (including phenoxy) is 1. The van der Waals surface area contributed by atoms with Crippen molar-refractivity contribution in [2.45, 2.75) is 17.9 Å². The van der Waals surface area contributed by atoms with Gasteiger partial charge in [-0.3, -0.25) is 14.9 Å². The highest BCUT2D eigenvalue weighted by atomic mass is 32.2. The van der Waals surface area contributed by atoms with E-state index < -0.39 is 10.0 Å². The molecule has 0 saturated heterocycles. The van der Waals surface area contributed by atoms with Crippen molar-refractivity contribution < 1.29 is 17.9 Å². The van der Waals surface area contributed by atoms with Gasteiger partial charge in [-0.25, -0.2) is 8.42 Å². The van der Waals surface area contributed by atoms with E-state index in [1.54, 1.807) is 48.7 Å². The molecule has 2 aromatic heterocycles. The number of nitrogens with zero attached hydrogens (tertiary/aromatic N) is 3. The van der Waals surface area contributed by atoms with Crippen LogP contribution in [-0.2, 0) is 23.0 Å². The normalized spacial score (nSPS) is 13.7. The lowest BCUT2D eigenvalue weighted by Gasteiger charge is -2.26. The molecule has 1 amide bonds. The summed E-state index contributed by atoms with van der Waals surface area (Å²) in [5.41, 5.74) is 2.30. The first-order valence-electron chi connectivity index (χ1n) is 12.0. The summed E-state index contributed by atoms with van der Waals surface area (Å²) in [6.07, 6.45) is 2.03. The van der Waals surface area contributed by atoms with Gasteiger partial charge >= 0.3 is 0 Å². The molecule has 0 radical (unpaired) electrons. The van der Waals surface area contributed by atoms with Gasteiger partial charge in [0.25, 0.3) is 5.91 Å². The van der Waals surface area contributed by atoms with Gasteiger partial charge in [0, 0.05) is 47.9 Å². The van der Waals surface area contributed by atoms with Crippen LogP contribution in [0.4, 0.5) is 5.82 Å². The average Bonchev–Trinajstić information content (AvgIpc) is 3.35. The number of nitrogens with one attached hydrogen (secondary N) is 2. The number of rotatable bonds is 6. The number of aromatic amines is 1. The van der Waals surface area contributed by atoms with E-state index >= 15 is 0 Å². The van der Waals surface area contributed by atoms with Gasteiger partial charge in [-0.1, -0.05) is 36.4 Å². The third-order valence-electron chi connectivity index (χ3n) is 6.44. The Morgan fingerprint density at radius 3 is 2.50 bits per heavy atom. The van der Waals surface area contributed by atoms with Crippen LogP contribution in [0.1, 0.15) is 21.6 Å². The molecule has 0 bridgehead atoms. The molecule has 0 atom stereocenters. The van der Waals surface area contributed by atoms with Crippen LogP contribution in [0.15, 0.2) is 96.0 Å². The van der Waals surface area contributed by atoms with E-state index in [1.807, 2.05) is 42.5 Å². The SMILES string of the molecule is O=C(Nc1n[nH]c2c1CN(S(=O)(=O)c1cccc3cccnc13)CC2)c1ccc(Oc2ccccc2)cc1. The maximum absolute atomic E-state index is 13.6. The summed E-state index contributed by atoms with van der Waals surface area (Å²) < 4.78 is 34.4. The molecule has 0 spiro atoms. The number of carbonyl (C=O) groups excluding carboxylic acids is 1. The molecule has 0 unspecified atom stereocenters. The van der Waals surface area contributed by atoms with Crippen LogP contribution in [-0.4, -0.2) is 40.4 Å². The van der Waals surface area contributed by atoms with Crippen LogP contribution in [0, 0.1) is 0 Å². The van der Waals surface area contributed by atoms with Gasteiger partial charge in [-0.2, -0.15) is 9.40 Å². The molecule has 5 aromatic rings. The number of benzene rings is 3. The Balaban J connectivity index is 1.20. The van der Waals surface area contributed by atoms with Crippen molar-refractivity contribution in [1.29, 1.82) is 0 Å². The minimum absolute atomic E-state index is 0.0802. The Morgan fingerprint density at radius 1 is 0.921 bits per heavy atom. The van der Waals surface area contributed by atoms with Crippen LogP contribution in [0.5, 0.6) is 11.5 Å². The number of hydrogen-bond donors (Lipinski definition) is 2. The number of aromatic nitrogens is 3. The fourth-order valence-corrected chi connectivity index (χ4v) is 6.06. The molecule has 190 valence electrons. The Morgan fingerprint density at radius 2 is 1.68 bits per heavy atom. The number of anilines is 1. The van der Waals surface area contributed by atoms with Crippen LogP contribution in [0.3, 0.4) is 0 Å². The minimum Gasteiger partial charge on any atom is -0.457 e. The first kappa shape index (κ1) is 23.8. The Kier molecular flexibility index (Phi) is 6.10. The lowest BCUT2D eigenvalue weighted by molar-refractivity contribution is 0.102. The molecule has 10 heteroatoms. The van der Waals surface area contributed by atoms with Gasteiger partial charge in [0.15, 0.2) is 5.82 Å². The average molecular weight is 526 g/mol. The molecule has 3 aromatic carbocycles. The van der Waals surface area contributed by atoms with E-state index in [0.717, 1.165) is 11.1 Å². The number of H-pyrrole nitrogens is 1. The molecule has 9 nitrogen and oxygen atoms in total. The summed E-state index contributed by atoms with van der Waals surface area (Å²) in [6.45, 7) is 0.369. The first-order chi connectivity index (χ1) is 18.5. The smallest absolute Gasteiger partial charge is 0.256 e. The van der Waals surface area contributed by atoms with E-state index in [-0.39, 0.29) is 23.9 Å². The maximum atomic E-state index is 13.6. The molecule has 0 saturated carbocycles. The second-order valence-corrected chi connectivity index (χ2v) is 10.7. The fourth-order valence-electron chi connectivity index (χ4n) is 4.48. The number of amides is 1. The Bertz CT molecular complexity index is 1730. The van der Waals surface area contributed by atoms with Gasteiger partial charge in [0.1, 0.15) is 16.4 Å². The Labute approximate surface area is 219 Å². The van der Waals surface area contributed by atoms with E-state index in [1.165, 1.54) is 4.31 Å². The molecule has 2 N–H and O–H groups in total. The molecule has 1 aliphatic heterocycles. The molecule has 3 heterocycles. The monoisotopic (exact) mass is 525 g/mol. The third kappa shape index (κ3) is 4.51. The predicted octanol–water partition coefficient (Wildman–Crippen LogP) is 4.75. The zero-order valence-corrected chi connectivity index (χ0v) is 21.0. The fraction of sp³-hybridized carbons (Fsp3) is 0.107. The second kappa shape index (κ2) is 9.73. The van der Waals surface area contributed by atoms with E-state index in [9.17, 15) is 13.2 Å². The zero-order chi connectivity index (χ0) is 26.1. The maximum Gasteiger partial charge on any atom is 0.256 e. The highest BCUT2D eigenvalue weighted by Crippen LogP contribution is 2.31. The number of sulfonamides is 1. The van der Waals surface area contributed by atoms with Gasteiger partial charge in [-0.15, -0.1) is 0 Å². The number of carbonyl (C=O) groups is 1. The lowest BCUT2D eigenvalue weighted by atomic mass is 10.1. The number of pyridine rings is 1. The predicted molar refractivity (Wildman–Crippen MR) is 143 cm³/mol. The molecule has 38 heavy (non-hydrogen) atoms. The van der Waals surface area contributed by atoms with Gasteiger partial charge in [0.05, 0.1) is 5.52 Å². The van der Waals surface area contributed by atoms with E-state index in [0.29, 0.717) is 40.4 Å². The van der Waals surface area contributed by atoms with Crippen LogP contribution < -0.4 is 10.1 Å². The van der Waals surface area contributed by atoms with Crippen LogP contribution in [0.2, 0.25) is 0 Å². The largest absolute Gasteiger partial charge is 0.457 e. The highest BCUT2D eigenvalue weighted by Gasteiger charge is 2.32. The summed E-state index contributed by atoms with van der Waals surface area (Å²) in [6, 6.07) is 24.9. The quantitative estimate of drug-likeness (QED) is 0.330. The van der Waals surface area contributed by atoms with Crippen molar-refractivity contribution in [2.24, 2.45) is 0 Å². The second-order valence-electron chi connectivity index (χ2n) is 8.84. The minimum atomic E-state index is -3.83. The zero-order valence-electron chi connectivity index (χ0n) is 20.2. The van der Waals surface area contributed by atoms with Gasteiger partial charge in [-0.05, 0) is 48.5 Å². The Hall–Kier alpha value is -4.54. The van der Waals surface area contributed by atoms with E-state index in [2.05, 4.69) is 20.5 Å². The highest BCUT2D eigenvalue weighted by molar-refractivity contribution is 7.89. The summed E-state index contributed by atoms with van der Waals surface area (Å²) in [7, 11) is -3.83. The summed E-state index contributed by atoms with van der Waals surface area (Å²) in [4.78, 5) is 17.4. The van der Waals surface area contributed by atoms with Crippen molar-refractivity contribution in [3.63, 3.8) is 0 Å². The standard InChI is InChI=1S/C28H23N5O4S/c34-28(20-11-13-22(14-12-20)37-21-8-2-1-3-9-21)30-27-23-18-33(17-15-24(23)31-32-27)38(35,36)25-10-4-6-19-7-5-16-29-26(19)25/h1-14,16H,15,17-18H2,(H2,30,31,32,34). The van der Waals surface area contributed by atoms with Crippen molar-refractivity contribution in [3.05, 3.63) is 108 Å². The molecule has 1 aliphatic rings. The van der Waals surface area contributed by atoms with Gasteiger partial charge < -0.3 is 10.1 Å². The molecule has 0 fully saturated rings. The lowest BCUT2D eigenvalue weighted by Crippen LogP contribution is -2.36. The topological polar surface area (TPSA) is 117 Å². The molecular weight excluding hydrogens is 502 g/mol. The molecule has 0 aliphatic carbocycles. The summed E-state index contributed by atoms with van der Waals surface area (Å²) in [5, 5.41) is 10.8. The molecule has 6 rings (SSSR count). The van der Waals surface area contributed by atoms with Crippen LogP contribution in [0.25, 0.3) is 10.9 Å². The van der Waals surface area contributed by atoms with Crippen molar-refractivity contribution in [2.75, 3.05) is 11.9 Å².